The van der Waals surface area contributed by atoms with Crippen LogP contribution >= 0.6 is 23.1 Å². The molecule has 1 amide bonds. The number of thiophene rings is 1. The number of benzene rings is 1. The lowest BCUT2D eigenvalue weighted by molar-refractivity contribution is -0.113. The van der Waals surface area contributed by atoms with Gasteiger partial charge in [-0.1, -0.05) is 44.7 Å². The molecular weight excluding hydrogens is 478 g/mol. The Labute approximate surface area is 214 Å². The van der Waals surface area contributed by atoms with E-state index >= 15 is 0 Å². The zero-order chi connectivity index (χ0) is 25.2. The number of hydrogen-bond donors (Lipinski definition) is 1. The summed E-state index contributed by atoms with van der Waals surface area (Å²) in [5.74, 6) is 2.11. The summed E-state index contributed by atoms with van der Waals surface area (Å²) in [4.78, 5) is 14.1. The molecule has 0 aliphatic heterocycles. The molecule has 1 unspecified atom stereocenters. The molecule has 4 rings (SSSR count). The van der Waals surface area contributed by atoms with Gasteiger partial charge in [-0.05, 0) is 55.2 Å². The van der Waals surface area contributed by atoms with Crippen molar-refractivity contribution < 1.29 is 9.53 Å². The standard InChI is InChI=1S/C26H31N5O2S2/c1-6-31-23(16-8-7-9-18(12-16)33-5)29-30-25(31)34-15-22(32)28-24-20(14-27)19-11-10-17(26(2,3)4)13-21(19)35-24/h7-9,12,17H,6,10-11,13,15H2,1-5H3,(H,28,32). The molecule has 0 spiro atoms. The van der Waals surface area contributed by atoms with Gasteiger partial charge >= 0.3 is 0 Å². The summed E-state index contributed by atoms with van der Waals surface area (Å²) >= 11 is 2.90. The molecule has 2 aromatic heterocycles. The molecule has 184 valence electrons. The van der Waals surface area contributed by atoms with Crippen LogP contribution in [0.3, 0.4) is 0 Å². The number of fused-ring (bicyclic) bond motifs is 1. The highest BCUT2D eigenvalue weighted by Gasteiger charge is 2.32. The molecule has 9 heteroatoms. The van der Waals surface area contributed by atoms with Crippen LogP contribution in [0.4, 0.5) is 5.00 Å². The summed E-state index contributed by atoms with van der Waals surface area (Å²) in [5.41, 5.74) is 2.89. The monoisotopic (exact) mass is 509 g/mol. The van der Waals surface area contributed by atoms with Crippen molar-refractivity contribution in [3.05, 3.63) is 40.3 Å². The molecule has 0 fully saturated rings. The summed E-state index contributed by atoms with van der Waals surface area (Å²) < 4.78 is 7.32. The van der Waals surface area contributed by atoms with E-state index in [1.54, 1.807) is 18.4 Å². The lowest BCUT2D eigenvalue weighted by Gasteiger charge is -2.33. The van der Waals surface area contributed by atoms with Crippen molar-refractivity contribution in [1.82, 2.24) is 14.8 Å². The Morgan fingerprint density at radius 3 is 2.86 bits per heavy atom. The molecule has 0 radical (unpaired) electrons. The second-order valence-electron chi connectivity index (χ2n) is 9.74. The lowest BCUT2D eigenvalue weighted by atomic mass is 9.72. The maximum absolute atomic E-state index is 12.8. The minimum Gasteiger partial charge on any atom is -0.497 e. The Hall–Kier alpha value is -2.83. The average molecular weight is 510 g/mol. The van der Waals surface area contributed by atoms with Gasteiger partial charge in [0.05, 0.1) is 18.4 Å². The van der Waals surface area contributed by atoms with Crippen LogP contribution in [0.5, 0.6) is 5.75 Å². The van der Waals surface area contributed by atoms with Crippen LogP contribution in [0.2, 0.25) is 0 Å². The predicted molar refractivity (Wildman–Crippen MR) is 141 cm³/mol. The molecule has 1 atom stereocenters. The number of aromatic nitrogens is 3. The van der Waals surface area contributed by atoms with Gasteiger partial charge in [0.1, 0.15) is 16.8 Å². The van der Waals surface area contributed by atoms with Gasteiger partial charge in [-0.3, -0.25) is 4.79 Å². The molecule has 1 N–H and O–H groups in total. The number of anilines is 1. The zero-order valence-electron chi connectivity index (χ0n) is 20.8. The van der Waals surface area contributed by atoms with E-state index in [0.29, 0.717) is 28.2 Å². The second kappa shape index (κ2) is 10.4. The Bertz CT molecular complexity index is 1270. The van der Waals surface area contributed by atoms with Crippen molar-refractivity contribution in [1.29, 1.82) is 5.26 Å². The quantitative estimate of drug-likeness (QED) is 0.405. The number of amides is 1. The third-order valence-electron chi connectivity index (χ3n) is 6.55. The van der Waals surface area contributed by atoms with E-state index in [0.717, 1.165) is 42.0 Å². The molecular formula is C26H31N5O2S2. The second-order valence-corrected chi connectivity index (χ2v) is 11.8. The summed E-state index contributed by atoms with van der Waals surface area (Å²) in [7, 11) is 1.63. The Kier molecular flexibility index (Phi) is 7.53. The number of carbonyl (C=O) groups is 1. The van der Waals surface area contributed by atoms with Gasteiger partial charge in [-0.25, -0.2) is 0 Å². The smallest absolute Gasteiger partial charge is 0.235 e. The molecule has 0 bridgehead atoms. The van der Waals surface area contributed by atoms with Crippen molar-refractivity contribution in [2.45, 2.75) is 58.7 Å². The average Bonchev–Trinajstić information content (AvgIpc) is 3.41. The van der Waals surface area contributed by atoms with E-state index in [9.17, 15) is 10.1 Å². The maximum atomic E-state index is 12.8. The number of thioether (sulfide) groups is 1. The maximum Gasteiger partial charge on any atom is 0.235 e. The SMILES string of the molecule is CCn1c(SCC(=O)Nc2sc3c(c2C#N)CCC(C(C)(C)C)C3)nnc1-c1cccc(OC)c1. The van der Waals surface area contributed by atoms with Crippen LogP contribution in [0.1, 0.15) is 50.1 Å². The number of carbonyl (C=O) groups excluding carboxylic acids is 1. The highest BCUT2D eigenvalue weighted by atomic mass is 32.2. The van der Waals surface area contributed by atoms with Gasteiger partial charge in [0, 0.05) is 17.0 Å². The van der Waals surface area contributed by atoms with Crippen molar-refractivity contribution in [2.75, 3.05) is 18.2 Å². The number of nitriles is 1. The largest absolute Gasteiger partial charge is 0.497 e. The predicted octanol–water partition coefficient (Wildman–Crippen LogP) is 5.79. The van der Waals surface area contributed by atoms with E-state index in [2.05, 4.69) is 42.4 Å². The van der Waals surface area contributed by atoms with Crippen LogP contribution in [-0.4, -0.2) is 33.5 Å². The van der Waals surface area contributed by atoms with Crippen LogP contribution in [0, 0.1) is 22.7 Å². The molecule has 3 aromatic rings. The summed E-state index contributed by atoms with van der Waals surface area (Å²) in [6.07, 6.45) is 2.94. The van der Waals surface area contributed by atoms with Crippen molar-refractivity contribution >= 4 is 34.0 Å². The van der Waals surface area contributed by atoms with E-state index < -0.39 is 0 Å². The van der Waals surface area contributed by atoms with Gasteiger partial charge < -0.3 is 14.6 Å². The van der Waals surface area contributed by atoms with Crippen LogP contribution in [0.15, 0.2) is 29.4 Å². The first-order valence-corrected chi connectivity index (χ1v) is 13.6. The highest BCUT2D eigenvalue weighted by Crippen LogP contribution is 2.44. The van der Waals surface area contributed by atoms with Gasteiger partial charge in [-0.2, -0.15) is 5.26 Å². The zero-order valence-corrected chi connectivity index (χ0v) is 22.5. The molecule has 1 aliphatic carbocycles. The number of methoxy groups -OCH3 is 1. The fourth-order valence-electron chi connectivity index (χ4n) is 4.48. The number of ether oxygens (including phenoxy) is 1. The first-order chi connectivity index (χ1) is 16.7. The summed E-state index contributed by atoms with van der Waals surface area (Å²) in [6, 6.07) is 10.0. The van der Waals surface area contributed by atoms with Crippen LogP contribution < -0.4 is 10.1 Å². The number of nitrogens with zero attached hydrogens (tertiary/aromatic N) is 4. The van der Waals surface area contributed by atoms with Gasteiger partial charge in [-0.15, -0.1) is 21.5 Å². The highest BCUT2D eigenvalue weighted by molar-refractivity contribution is 7.99. The third kappa shape index (κ3) is 5.39. The Balaban J connectivity index is 1.46. The van der Waals surface area contributed by atoms with Crippen molar-refractivity contribution in [2.24, 2.45) is 11.3 Å². The number of nitrogens with one attached hydrogen (secondary N) is 1. The van der Waals surface area contributed by atoms with E-state index in [1.165, 1.54) is 16.6 Å². The normalized spacial score (nSPS) is 15.4. The van der Waals surface area contributed by atoms with Gasteiger partial charge in [0.25, 0.3) is 0 Å². The number of hydrogen-bond acceptors (Lipinski definition) is 7. The molecule has 0 saturated carbocycles. The van der Waals surface area contributed by atoms with Crippen molar-refractivity contribution in [3.8, 4) is 23.2 Å². The Morgan fingerprint density at radius 2 is 2.17 bits per heavy atom. The summed E-state index contributed by atoms with van der Waals surface area (Å²) in [6.45, 7) is 9.52. The molecule has 1 aromatic carbocycles. The minimum absolute atomic E-state index is 0.147. The minimum atomic E-state index is -0.147. The van der Waals surface area contributed by atoms with E-state index in [-0.39, 0.29) is 17.1 Å². The Morgan fingerprint density at radius 1 is 1.37 bits per heavy atom. The molecule has 2 heterocycles. The fourth-order valence-corrected chi connectivity index (χ4v) is 6.58. The third-order valence-corrected chi connectivity index (χ3v) is 8.68. The molecule has 0 saturated heterocycles. The number of rotatable bonds is 7. The van der Waals surface area contributed by atoms with Crippen LogP contribution in [0.25, 0.3) is 11.4 Å². The van der Waals surface area contributed by atoms with Crippen LogP contribution in [-0.2, 0) is 24.2 Å². The fraction of sp³-hybridized carbons (Fsp3) is 0.462. The van der Waals surface area contributed by atoms with Crippen molar-refractivity contribution in [3.63, 3.8) is 0 Å². The topological polar surface area (TPSA) is 92.8 Å². The van der Waals surface area contributed by atoms with E-state index in [4.69, 9.17) is 4.74 Å². The lowest BCUT2D eigenvalue weighted by Crippen LogP contribution is -2.26. The molecule has 35 heavy (non-hydrogen) atoms. The van der Waals surface area contributed by atoms with Gasteiger partial charge in [0.2, 0.25) is 5.91 Å². The van der Waals surface area contributed by atoms with E-state index in [1.807, 2.05) is 35.8 Å². The molecule has 1 aliphatic rings. The summed E-state index contributed by atoms with van der Waals surface area (Å²) in [5, 5.41) is 22.8. The van der Waals surface area contributed by atoms with Gasteiger partial charge in [0.15, 0.2) is 11.0 Å². The first-order valence-electron chi connectivity index (χ1n) is 11.8. The molecule has 7 nitrogen and oxygen atoms in total. The first kappa shape index (κ1) is 25.3.